The maximum atomic E-state index is 10.7. The highest BCUT2D eigenvalue weighted by Crippen LogP contribution is 2.35. The van der Waals surface area contributed by atoms with Gasteiger partial charge in [0.05, 0.1) is 13.2 Å². The zero-order valence-corrected chi connectivity index (χ0v) is 22.7. The topological polar surface area (TPSA) is 83.7 Å². The Morgan fingerprint density at radius 1 is 1.13 bits per heavy atom. The van der Waals surface area contributed by atoms with Crippen molar-refractivity contribution < 1.29 is 14.6 Å². The van der Waals surface area contributed by atoms with Crippen molar-refractivity contribution in [2.75, 3.05) is 26.7 Å². The highest BCUT2D eigenvalue weighted by Gasteiger charge is 2.34. The molecule has 0 spiro atoms. The van der Waals surface area contributed by atoms with Crippen LogP contribution in [-0.4, -0.2) is 74.5 Å². The van der Waals surface area contributed by atoms with Crippen LogP contribution in [0.3, 0.4) is 0 Å². The van der Waals surface area contributed by atoms with Crippen LogP contribution >= 0.6 is 0 Å². The summed E-state index contributed by atoms with van der Waals surface area (Å²) in [6, 6.07) is 17.8. The van der Waals surface area contributed by atoms with Crippen molar-refractivity contribution in [3.05, 3.63) is 78.6 Å². The number of carbonyl (C=O) groups is 1. The zero-order valence-electron chi connectivity index (χ0n) is 22.7. The number of hydrogen-bond acceptors (Lipinski definition) is 6. The van der Waals surface area contributed by atoms with Gasteiger partial charge >= 0.3 is 5.97 Å². The van der Waals surface area contributed by atoms with E-state index >= 15 is 0 Å². The zero-order chi connectivity index (χ0) is 27.1. The van der Waals surface area contributed by atoms with Gasteiger partial charge in [-0.3, -0.25) is 19.3 Å². The van der Waals surface area contributed by atoms with Crippen molar-refractivity contribution in [3.8, 4) is 17.1 Å². The third-order valence-corrected chi connectivity index (χ3v) is 7.32. The van der Waals surface area contributed by atoms with Crippen LogP contribution in [0.5, 0.6) is 5.75 Å². The molecule has 0 aliphatic carbocycles. The number of methoxy groups -OCH3 is 1. The van der Waals surface area contributed by atoms with Gasteiger partial charge in [-0.05, 0) is 49.9 Å². The predicted molar refractivity (Wildman–Crippen MR) is 149 cm³/mol. The number of carboxylic acid groups (broad SMARTS) is 1. The van der Waals surface area contributed by atoms with Crippen molar-refractivity contribution in [3.63, 3.8) is 0 Å². The van der Waals surface area contributed by atoms with Gasteiger partial charge in [-0.2, -0.15) is 5.10 Å². The molecule has 202 valence electrons. The predicted octanol–water partition coefficient (Wildman–Crippen LogP) is 4.88. The van der Waals surface area contributed by atoms with Crippen LogP contribution in [0.2, 0.25) is 0 Å². The van der Waals surface area contributed by atoms with Crippen molar-refractivity contribution in [2.24, 2.45) is 0 Å². The largest absolute Gasteiger partial charge is 0.497 e. The standard InChI is InChI=1S/C30H39N5O3/c1-5-16-33-19-23(3)35(20-22(33)2)29(26-9-8-10-27(18-26)38-4)24-12-14-25(15-13-24)30-31-21-34(32-30)17-7-6-11-28(36)37/h5,8-10,12-15,18,21-23,29H,1,6-7,11,16-17,19-20H2,2-4H3,(H,36,37)/t22-,23+,29-/m1/s1. The van der Waals surface area contributed by atoms with Crippen molar-refractivity contribution in [2.45, 2.75) is 57.8 Å². The minimum Gasteiger partial charge on any atom is -0.497 e. The second kappa shape index (κ2) is 12.8. The van der Waals surface area contributed by atoms with E-state index in [0.717, 1.165) is 37.4 Å². The van der Waals surface area contributed by atoms with Gasteiger partial charge in [-0.25, -0.2) is 4.98 Å². The summed E-state index contributed by atoms with van der Waals surface area (Å²) in [5, 5.41) is 13.4. The molecule has 0 saturated carbocycles. The highest BCUT2D eigenvalue weighted by molar-refractivity contribution is 5.66. The number of carboxylic acids is 1. The van der Waals surface area contributed by atoms with Crippen LogP contribution in [0.1, 0.15) is 50.3 Å². The fraction of sp³-hybridized carbons (Fsp3) is 0.433. The van der Waals surface area contributed by atoms with Gasteiger partial charge in [0.15, 0.2) is 5.82 Å². The number of aryl methyl sites for hydroxylation is 1. The number of aliphatic carboxylic acids is 1. The highest BCUT2D eigenvalue weighted by atomic mass is 16.5. The number of hydrogen-bond donors (Lipinski definition) is 1. The molecule has 3 aromatic rings. The molecule has 0 bridgehead atoms. The summed E-state index contributed by atoms with van der Waals surface area (Å²) in [6.07, 6.45) is 5.27. The summed E-state index contributed by atoms with van der Waals surface area (Å²) in [4.78, 5) is 20.3. The Kier molecular flexibility index (Phi) is 9.31. The number of unbranched alkanes of at least 4 members (excludes halogenated alkanes) is 1. The number of piperazine rings is 1. The molecule has 3 atom stereocenters. The third-order valence-electron chi connectivity index (χ3n) is 7.32. The molecule has 1 saturated heterocycles. The second-order valence-corrected chi connectivity index (χ2v) is 10.1. The summed E-state index contributed by atoms with van der Waals surface area (Å²) < 4.78 is 7.35. The second-order valence-electron chi connectivity index (χ2n) is 10.1. The molecule has 1 aliphatic rings. The lowest BCUT2D eigenvalue weighted by Crippen LogP contribution is -2.57. The van der Waals surface area contributed by atoms with E-state index in [4.69, 9.17) is 9.84 Å². The fourth-order valence-electron chi connectivity index (χ4n) is 5.29. The molecule has 1 aromatic heterocycles. The van der Waals surface area contributed by atoms with Crippen LogP contribution in [-0.2, 0) is 11.3 Å². The summed E-state index contributed by atoms with van der Waals surface area (Å²) in [7, 11) is 1.71. The van der Waals surface area contributed by atoms with Gasteiger partial charge in [0, 0.05) is 50.2 Å². The van der Waals surface area contributed by atoms with E-state index in [1.54, 1.807) is 18.1 Å². The van der Waals surface area contributed by atoms with Crippen LogP contribution in [0.25, 0.3) is 11.4 Å². The molecule has 0 unspecified atom stereocenters. The van der Waals surface area contributed by atoms with Crippen molar-refractivity contribution in [1.29, 1.82) is 0 Å². The maximum Gasteiger partial charge on any atom is 0.303 e. The average molecular weight is 518 g/mol. The number of nitrogens with zero attached hydrogens (tertiary/aromatic N) is 5. The van der Waals surface area contributed by atoms with E-state index in [0.29, 0.717) is 30.9 Å². The van der Waals surface area contributed by atoms with Crippen LogP contribution in [0.15, 0.2) is 67.5 Å². The lowest BCUT2D eigenvalue weighted by atomic mass is 9.92. The van der Waals surface area contributed by atoms with Crippen molar-refractivity contribution in [1.82, 2.24) is 24.6 Å². The number of aromatic nitrogens is 3. The van der Waals surface area contributed by atoms with Gasteiger partial charge in [0.25, 0.3) is 0 Å². The van der Waals surface area contributed by atoms with E-state index in [1.165, 1.54) is 11.1 Å². The lowest BCUT2D eigenvalue weighted by Gasteiger charge is -2.47. The molecule has 8 nitrogen and oxygen atoms in total. The number of ether oxygens (including phenoxy) is 1. The Hall–Kier alpha value is -3.49. The molecular formula is C30H39N5O3. The Morgan fingerprint density at radius 3 is 2.63 bits per heavy atom. The van der Waals surface area contributed by atoms with Gasteiger partial charge in [-0.15, -0.1) is 6.58 Å². The van der Waals surface area contributed by atoms with E-state index in [-0.39, 0.29) is 12.5 Å². The van der Waals surface area contributed by atoms with Crippen LogP contribution in [0, 0.1) is 0 Å². The first-order valence-electron chi connectivity index (χ1n) is 13.4. The van der Waals surface area contributed by atoms with E-state index in [1.807, 2.05) is 12.1 Å². The van der Waals surface area contributed by atoms with Gasteiger partial charge in [-0.1, -0.05) is 42.5 Å². The van der Waals surface area contributed by atoms with Gasteiger partial charge < -0.3 is 9.84 Å². The summed E-state index contributed by atoms with van der Waals surface area (Å²) >= 11 is 0. The Bertz CT molecular complexity index is 1210. The average Bonchev–Trinajstić information content (AvgIpc) is 3.39. The lowest BCUT2D eigenvalue weighted by molar-refractivity contribution is -0.137. The van der Waals surface area contributed by atoms with Crippen LogP contribution < -0.4 is 4.74 Å². The van der Waals surface area contributed by atoms with E-state index in [9.17, 15) is 4.79 Å². The molecular weight excluding hydrogens is 478 g/mol. The molecule has 8 heteroatoms. The van der Waals surface area contributed by atoms with E-state index in [2.05, 4.69) is 82.8 Å². The summed E-state index contributed by atoms with van der Waals surface area (Å²) in [5.41, 5.74) is 3.38. The fourth-order valence-corrected chi connectivity index (χ4v) is 5.29. The quantitative estimate of drug-likeness (QED) is 0.271. The van der Waals surface area contributed by atoms with Crippen LogP contribution in [0.4, 0.5) is 0 Å². The first kappa shape index (κ1) is 27.5. The van der Waals surface area contributed by atoms with Gasteiger partial charge in [0.2, 0.25) is 0 Å². The molecule has 0 amide bonds. The molecule has 1 N–H and O–H groups in total. The molecule has 38 heavy (non-hydrogen) atoms. The number of benzene rings is 2. The third kappa shape index (κ3) is 6.68. The molecule has 1 aliphatic heterocycles. The minimum absolute atomic E-state index is 0.0854. The molecule has 4 rings (SSSR count). The van der Waals surface area contributed by atoms with E-state index < -0.39 is 5.97 Å². The number of rotatable bonds is 12. The SMILES string of the molecule is C=CCN1C[C@H](C)N([C@H](c2ccc(-c3ncn(CCCCC(=O)O)n3)cc2)c2cccc(OC)c2)C[C@H]1C. The Balaban J connectivity index is 1.57. The van der Waals surface area contributed by atoms with Crippen molar-refractivity contribution >= 4 is 5.97 Å². The molecule has 2 aromatic carbocycles. The maximum absolute atomic E-state index is 10.7. The minimum atomic E-state index is -0.765. The molecule has 2 heterocycles. The molecule has 0 radical (unpaired) electrons. The Labute approximate surface area is 225 Å². The smallest absolute Gasteiger partial charge is 0.303 e. The monoisotopic (exact) mass is 517 g/mol. The van der Waals surface area contributed by atoms with Gasteiger partial charge in [0.1, 0.15) is 12.1 Å². The summed E-state index contributed by atoms with van der Waals surface area (Å²) in [5.74, 6) is 0.764. The first-order valence-corrected chi connectivity index (χ1v) is 13.4. The summed E-state index contributed by atoms with van der Waals surface area (Å²) in [6.45, 7) is 12.0. The normalized spacial score (nSPS) is 19.2. The Morgan fingerprint density at radius 2 is 1.92 bits per heavy atom. The molecule has 1 fully saturated rings. The first-order chi connectivity index (χ1) is 18.4.